The van der Waals surface area contributed by atoms with E-state index in [1.165, 1.54) is 31.4 Å². The van der Waals surface area contributed by atoms with Gasteiger partial charge in [0.1, 0.15) is 5.82 Å². The van der Waals surface area contributed by atoms with Crippen LogP contribution in [-0.2, 0) is 11.4 Å². The smallest absolute Gasteiger partial charge is 0.262 e. The van der Waals surface area contributed by atoms with Crippen molar-refractivity contribution >= 4 is 27.5 Å². The molecule has 0 radical (unpaired) electrons. The van der Waals surface area contributed by atoms with Crippen LogP contribution in [0.2, 0.25) is 0 Å². The predicted octanol–water partition coefficient (Wildman–Crippen LogP) is 3.11. The second-order valence-corrected chi connectivity index (χ2v) is 5.45. The van der Waals surface area contributed by atoms with Crippen LogP contribution < -0.4 is 14.8 Å². The number of aliphatic hydroxyl groups excluding tert-OH is 1. The number of aliphatic hydroxyl groups is 1. The number of halogens is 2. The first-order valence-corrected chi connectivity index (χ1v) is 7.48. The lowest BCUT2D eigenvalue weighted by molar-refractivity contribution is -0.118. The maximum absolute atomic E-state index is 12.8. The molecule has 2 rings (SSSR count). The van der Waals surface area contributed by atoms with Crippen molar-refractivity contribution < 1.29 is 23.8 Å². The highest BCUT2D eigenvalue weighted by Crippen LogP contribution is 2.33. The molecule has 2 N–H and O–H groups in total. The molecule has 2 aromatic rings. The minimum Gasteiger partial charge on any atom is -0.493 e. The van der Waals surface area contributed by atoms with Gasteiger partial charge in [-0.25, -0.2) is 4.39 Å². The molecule has 0 heterocycles. The maximum Gasteiger partial charge on any atom is 0.262 e. The molecular formula is C16H15BrFNO4. The summed E-state index contributed by atoms with van der Waals surface area (Å²) in [5.41, 5.74) is 1.12. The second-order valence-electron chi connectivity index (χ2n) is 4.60. The van der Waals surface area contributed by atoms with Crippen LogP contribution in [0.1, 0.15) is 5.56 Å². The first-order chi connectivity index (χ1) is 11.0. The monoisotopic (exact) mass is 383 g/mol. The fraction of sp³-hybridized carbons (Fsp3) is 0.188. The molecule has 23 heavy (non-hydrogen) atoms. The van der Waals surface area contributed by atoms with Crippen molar-refractivity contribution in [2.75, 3.05) is 19.0 Å². The van der Waals surface area contributed by atoms with Gasteiger partial charge in [-0.05, 0) is 42.0 Å². The molecule has 0 saturated heterocycles. The molecular weight excluding hydrogens is 369 g/mol. The van der Waals surface area contributed by atoms with Crippen molar-refractivity contribution in [2.45, 2.75) is 6.61 Å². The van der Waals surface area contributed by atoms with Gasteiger partial charge >= 0.3 is 0 Å². The van der Waals surface area contributed by atoms with Crippen LogP contribution in [0.25, 0.3) is 0 Å². The summed E-state index contributed by atoms with van der Waals surface area (Å²) < 4.78 is 24.1. The molecule has 0 aliphatic carbocycles. The molecule has 0 aliphatic rings. The lowest BCUT2D eigenvalue weighted by Crippen LogP contribution is -2.20. The number of carbonyl (C=O) groups excluding carboxylic acids is 1. The zero-order valence-corrected chi connectivity index (χ0v) is 13.9. The van der Waals surface area contributed by atoms with Crippen LogP contribution in [0.5, 0.6) is 11.5 Å². The molecule has 0 aliphatic heterocycles. The summed E-state index contributed by atoms with van der Waals surface area (Å²) in [6.45, 7) is -0.388. The van der Waals surface area contributed by atoms with Gasteiger partial charge in [0.05, 0.1) is 13.7 Å². The van der Waals surface area contributed by atoms with Crippen LogP contribution in [0, 0.1) is 5.82 Å². The average molecular weight is 384 g/mol. The third-order valence-corrected chi connectivity index (χ3v) is 3.73. The average Bonchev–Trinajstić information content (AvgIpc) is 2.55. The largest absolute Gasteiger partial charge is 0.493 e. The number of anilines is 1. The summed E-state index contributed by atoms with van der Waals surface area (Å²) in [6, 6.07) is 8.67. The molecule has 0 spiro atoms. The zero-order chi connectivity index (χ0) is 16.8. The van der Waals surface area contributed by atoms with Gasteiger partial charge < -0.3 is 19.9 Å². The third-order valence-electron chi connectivity index (χ3n) is 2.99. The fourth-order valence-electron chi connectivity index (χ4n) is 1.84. The van der Waals surface area contributed by atoms with Crippen LogP contribution in [-0.4, -0.2) is 24.7 Å². The Labute approximate surface area is 141 Å². The quantitative estimate of drug-likeness (QED) is 0.803. The van der Waals surface area contributed by atoms with Crippen molar-refractivity contribution in [1.29, 1.82) is 0 Å². The molecule has 5 nitrogen and oxygen atoms in total. The van der Waals surface area contributed by atoms with Gasteiger partial charge in [0.2, 0.25) is 0 Å². The van der Waals surface area contributed by atoms with E-state index in [2.05, 4.69) is 21.2 Å². The Morgan fingerprint density at radius 1 is 1.26 bits per heavy atom. The summed E-state index contributed by atoms with van der Waals surface area (Å²) in [4.78, 5) is 11.9. The predicted molar refractivity (Wildman–Crippen MR) is 87.1 cm³/mol. The van der Waals surface area contributed by atoms with Gasteiger partial charge in [-0.2, -0.15) is 0 Å². The van der Waals surface area contributed by atoms with Crippen molar-refractivity contribution in [3.05, 3.63) is 52.3 Å². The van der Waals surface area contributed by atoms with E-state index >= 15 is 0 Å². The van der Waals surface area contributed by atoms with Crippen LogP contribution >= 0.6 is 15.9 Å². The highest BCUT2D eigenvalue weighted by molar-refractivity contribution is 9.10. The summed E-state index contributed by atoms with van der Waals surface area (Å²) in [5.74, 6) is 0.0106. The SMILES string of the molecule is COc1cc(CO)c(Br)cc1OCC(=O)Nc1ccc(F)cc1. The van der Waals surface area contributed by atoms with Crippen molar-refractivity contribution in [3.8, 4) is 11.5 Å². The summed E-state index contributed by atoms with van der Waals surface area (Å²) >= 11 is 3.31. The second kappa shape index (κ2) is 7.94. The highest BCUT2D eigenvalue weighted by Gasteiger charge is 2.12. The summed E-state index contributed by atoms with van der Waals surface area (Å²) in [5, 5.41) is 11.8. The van der Waals surface area contributed by atoms with E-state index in [1.807, 2.05) is 0 Å². The van der Waals surface area contributed by atoms with E-state index in [0.717, 1.165) is 0 Å². The minimum atomic E-state index is -0.388. The van der Waals surface area contributed by atoms with Gasteiger partial charge in [0.15, 0.2) is 18.1 Å². The van der Waals surface area contributed by atoms with Gasteiger partial charge in [-0.15, -0.1) is 0 Å². The number of amides is 1. The first-order valence-electron chi connectivity index (χ1n) is 6.69. The van der Waals surface area contributed by atoms with Crippen LogP contribution in [0.3, 0.4) is 0 Å². The van der Waals surface area contributed by atoms with Gasteiger partial charge in [0, 0.05) is 10.2 Å². The van der Waals surface area contributed by atoms with E-state index in [-0.39, 0.29) is 24.9 Å². The highest BCUT2D eigenvalue weighted by atomic mass is 79.9. The molecule has 0 unspecified atom stereocenters. The zero-order valence-electron chi connectivity index (χ0n) is 12.3. The lowest BCUT2D eigenvalue weighted by Gasteiger charge is -2.13. The molecule has 0 aromatic heterocycles. The number of benzene rings is 2. The molecule has 122 valence electrons. The third kappa shape index (κ3) is 4.67. The summed E-state index contributed by atoms with van der Waals surface area (Å²) in [6.07, 6.45) is 0. The molecule has 0 bridgehead atoms. The lowest BCUT2D eigenvalue weighted by atomic mass is 10.2. The van der Waals surface area contributed by atoms with Crippen LogP contribution in [0.4, 0.5) is 10.1 Å². The number of ether oxygens (including phenoxy) is 2. The topological polar surface area (TPSA) is 67.8 Å². The number of methoxy groups -OCH3 is 1. The number of nitrogens with one attached hydrogen (secondary N) is 1. The Balaban J connectivity index is 2.01. The number of rotatable bonds is 6. The standard InChI is InChI=1S/C16H15BrFNO4/c1-22-14-6-10(8-20)13(17)7-15(14)23-9-16(21)19-12-4-2-11(18)3-5-12/h2-7,20H,8-9H2,1H3,(H,19,21). The molecule has 7 heteroatoms. The van der Waals surface area contributed by atoms with Gasteiger partial charge in [-0.1, -0.05) is 15.9 Å². The van der Waals surface area contributed by atoms with E-state index < -0.39 is 0 Å². The Morgan fingerprint density at radius 3 is 2.57 bits per heavy atom. The maximum atomic E-state index is 12.8. The fourth-order valence-corrected chi connectivity index (χ4v) is 2.29. The molecule has 1 amide bonds. The Bertz CT molecular complexity index is 691. The summed E-state index contributed by atoms with van der Waals surface area (Å²) in [7, 11) is 1.47. The minimum absolute atomic E-state index is 0.151. The van der Waals surface area contributed by atoms with Gasteiger partial charge in [0.25, 0.3) is 5.91 Å². The molecule has 0 saturated carbocycles. The molecule has 2 aromatic carbocycles. The number of carbonyl (C=O) groups is 1. The van der Waals surface area contributed by atoms with E-state index in [9.17, 15) is 14.3 Å². The van der Waals surface area contributed by atoms with Gasteiger partial charge in [-0.3, -0.25) is 4.79 Å². The van der Waals surface area contributed by atoms with Crippen molar-refractivity contribution in [2.24, 2.45) is 0 Å². The first kappa shape index (κ1) is 17.2. The van der Waals surface area contributed by atoms with E-state index in [0.29, 0.717) is 27.2 Å². The Hall–Kier alpha value is -2.12. The normalized spacial score (nSPS) is 10.3. The Morgan fingerprint density at radius 2 is 1.96 bits per heavy atom. The molecule has 0 fully saturated rings. The number of hydrogen-bond donors (Lipinski definition) is 2. The van der Waals surface area contributed by atoms with Crippen molar-refractivity contribution in [1.82, 2.24) is 0 Å². The Kier molecular flexibility index (Phi) is 5.95. The van der Waals surface area contributed by atoms with E-state index in [4.69, 9.17) is 9.47 Å². The van der Waals surface area contributed by atoms with Crippen LogP contribution in [0.15, 0.2) is 40.9 Å². The van der Waals surface area contributed by atoms with Crippen molar-refractivity contribution in [3.63, 3.8) is 0 Å². The number of hydrogen-bond acceptors (Lipinski definition) is 4. The molecule has 0 atom stereocenters. The van der Waals surface area contributed by atoms with E-state index in [1.54, 1.807) is 12.1 Å².